The van der Waals surface area contributed by atoms with E-state index in [4.69, 9.17) is 4.74 Å². The molecule has 2 heterocycles. The van der Waals surface area contributed by atoms with Gasteiger partial charge in [-0.2, -0.15) is 5.10 Å². The zero-order chi connectivity index (χ0) is 20.9. The van der Waals surface area contributed by atoms with Crippen molar-refractivity contribution in [2.24, 2.45) is 12.0 Å². The van der Waals surface area contributed by atoms with Gasteiger partial charge in [-0.25, -0.2) is 0 Å². The molecule has 1 saturated heterocycles. The molecule has 29 heavy (non-hydrogen) atoms. The van der Waals surface area contributed by atoms with E-state index < -0.39 is 0 Å². The Morgan fingerprint density at radius 1 is 1.28 bits per heavy atom. The predicted molar refractivity (Wildman–Crippen MR) is 118 cm³/mol. The quantitative estimate of drug-likeness (QED) is 0.583. The molecule has 0 unspecified atom stereocenters. The molecule has 3 rings (SSSR count). The first-order valence-electron chi connectivity index (χ1n) is 11.2. The second kappa shape index (κ2) is 9.94. The van der Waals surface area contributed by atoms with Crippen molar-refractivity contribution < 1.29 is 4.74 Å². The minimum absolute atomic E-state index is 0.232. The van der Waals surface area contributed by atoms with E-state index in [2.05, 4.69) is 52.3 Å². The fourth-order valence-corrected chi connectivity index (χ4v) is 4.97. The zero-order valence-corrected chi connectivity index (χ0v) is 19.1. The molecule has 1 saturated carbocycles. The fraction of sp³-hybridized carbons (Fsp3) is 0.818. The number of ether oxygens (including phenoxy) is 1. The summed E-state index contributed by atoms with van der Waals surface area (Å²) in [4.78, 5) is 9.48. The Balaban J connectivity index is 1.66. The van der Waals surface area contributed by atoms with Crippen LogP contribution in [0.5, 0.6) is 0 Å². The van der Waals surface area contributed by atoms with Crippen molar-refractivity contribution in [3.05, 3.63) is 17.5 Å². The van der Waals surface area contributed by atoms with Gasteiger partial charge in [0, 0.05) is 64.6 Å². The molecule has 1 aromatic rings. The van der Waals surface area contributed by atoms with Gasteiger partial charge in [0.05, 0.1) is 18.9 Å². The van der Waals surface area contributed by atoms with Crippen molar-refractivity contribution in [3.63, 3.8) is 0 Å². The number of morpholine rings is 1. The van der Waals surface area contributed by atoms with Gasteiger partial charge in [0.2, 0.25) is 0 Å². The van der Waals surface area contributed by atoms with E-state index in [0.29, 0.717) is 5.92 Å². The first-order chi connectivity index (χ1) is 13.9. The van der Waals surface area contributed by atoms with Crippen molar-refractivity contribution in [3.8, 4) is 0 Å². The van der Waals surface area contributed by atoms with E-state index in [1.54, 1.807) is 0 Å². The molecule has 164 valence electrons. The number of nitrogens with zero attached hydrogens (tertiary/aromatic N) is 5. The van der Waals surface area contributed by atoms with Crippen LogP contribution in [0.1, 0.15) is 63.1 Å². The lowest BCUT2D eigenvalue weighted by molar-refractivity contribution is -0.0354. The van der Waals surface area contributed by atoms with E-state index in [9.17, 15) is 0 Å². The molecule has 2 fully saturated rings. The monoisotopic (exact) mass is 404 g/mol. The summed E-state index contributed by atoms with van der Waals surface area (Å²) in [6, 6.07) is 0. The number of aryl methyl sites for hydroxylation is 1. The summed E-state index contributed by atoms with van der Waals surface area (Å²) in [5, 5.41) is 8.37. The van der Waals surface area contributed by atoms with E-state index in [1.165, 1.54) is 43.4 Å². The van der Waals surface area contributed by atoms with E-state index >= 15 is 0 Å². The summed E-state index contributed by atoms with van der Waals surface area (Å²) in [6.07, 6.45) is 8.67. The summed E-state index contributed by atoms with van der Waals surface area (Å²) in [6.45, 7) is 9.97. The first-order valence-corrected chi connectivity index (χ1v) is 11.2. The van der Waals surface area contributed by atoms with Crippen molar-refractivity contribution in [2.75, 3.05) is 46.9 Å². The number of nitrogens with one attached hydrogen (secondary N) is 1. The third kappa shape index (κ3) is 5.31. The average Bonchev–Trinajstić information content (AvgIpc) is 3.10. The molecule has 0 radical (unpaired) electrons. The van der Waals surface area contributed by atoms with Crippen LogP contribution in [0.2, 0.25) is 0 Å². The normalized spacial score (nSPS) is 20.8. The number of guanidine groups is 1. The lowest BCUT2D eigenvalue weighted by Crippen LogP contribution is -2.60. The topological polar surface area (TPSA) is 57.9 Å². The number of aromatic nitrogens is 2. The Labute approximate surface area is 176 Å². The van der Waals surface area contributed by atoms with Crippen molar-refractivity contribution in [1.82, 2.24) is 24.9 Å². The minimum Gasteiger partial charge on any atom is -0.379 e. The minimum atomic E-state index is 0.232. The lowest BCUT2D eigenvalue weighted by Gasteiger charge is -2.48. The summed E-state index contributed by atoms with van der Waals surface area (Å²) < 4.78 is 7.54. The largest absolute Gasteiger partial charge is 0.379 e. The third-order valence-electron chi connectivity index (χ3n) is 6.51. The molecule has 2 aliphatic rings. The molecule has 0 bridgehead atoms. The van der Waals surface area contributed by atoms with E-state index in [1.807, 2.05) is 18.8 Å². The maximum absolute atomic E-state index is 5.62. The maximum Gasteiger partial charge on any atom is 0.193 e. The van der Waals surface area contributed by atoms with Crippen LogP contribution in [0, 0.1) is 0 Å². The van der Waals surface area contributed by atoms with Crippen LogP contribution >= 0.6 is 0 Å². The number of hydrogen-bond acceptors (Lipinski definition) is 4. The Kier molecular flexibility index (Phi) is 7.57. The molecule has 0 spiro atoms. The third-order valence-corrected chi connectivity index (χ3v) is 6.51. The van der Waals surface area contributed by atoms with Crippen LogP contribution in [0.15, 0.2) is 11.2 Å². The Hall–Kier alpha value is -1.60. The molecule has 1 aliphatic heterocycles. The standard InChI is InChI=1S/C22H40N6O/c1-18(2)20-19(16-27(5)25-20)15-26(4)21(23-3)24-17-22(9-7-6-8-10-22)28-11-13-29-14-12-28/h16,18H,6-15,17H2,1-5H3,(H,23,24). The van der Waals surface area contributed by atoms with Gasteiger partial charge in [0.15, 0.2) is 5.96 Å². The van der Waals surface area contributed by atoms with E-state index in [0.717, 1.165) is 45.4 Å². The molecule has 0 amide bonds. The van der Waals surface area contributed by atoms with Gasteiger partial charge in [0.1, 0.15) is 0 Å². The van der Waals surface area contributed by atoms with Gasteiger partial charge >= 0.3 is 0 Å². The first kappa shape index (κ1) is 22.1. The Morgan fingerprint density at radius 3 is 2.59 bits per heavy atom. The number of hydrogen-bond donors (Lipinski definition) is 1. The smallest absolute Gasteiger partial charge is 0.193 e. The summed E-state index contributed by atoms with van der Waals surface area (Å²) in [5.74, 6) is 1.38. The molecule has 0 aromatic carbocycles. The van der Waals surface area contributed by atoms with Crippen LogP contribution in [0.25, 0.3) is 0 Å². The van der Waals surface area contributed by atoms with Crippen LogP contribution in [-0.2, 0) is 18.3 Å². The molecular formula is C22H40N6O. The van der Waals surface area contributed by atoms with Gasteiger partial charge in [-0.1, -0.05) is 33.1 Å². The highest BCUT2D eigenvalue weighted by molar-refractivity contribution is 5.79. The van der Waals surface area contributed by atoms with Gasteiger partial charge in [-0.05, 0) is 18.8 Å². The predicted octanol–water partition coefficient (Wildman–Crippen LogP) is 2.59. The Morgan fingerprint density at radius 2 is 1.97 bits per heavy atom. The average molecular weight is 405 g/mol. The molecule has 0 atom stereocenters. The van der Waals surface area contributed by atoms with Gasteiger partial charge in [0.25, 0.3) is 0 Å². The molecular weight excluding hydrogens is 364 g/mol. The fourth-order valence-electron chi connectivity index (χ4n) is 4.97. The van der Waals surface area contributed by atoms with Gasteiger partial charge in [-0.3, -0.25) is 14.6 Å². The second-order valence-electron chi connectivity index (χ2n) is 9.01. The van der Waals surface area contributed by atoms with E-state index in [-0.39, 0.29) is 5.54 Å². The molecule has 7 nitrogen and oxygen atoms in total. The van der Waals surface area contributed by atoms with Crippen molar-refractivity contribution in [1.29, 1.82) is 0 Å². The summed E-state index contributed by atoms with van der Waals surface area (Å²) >= 11 is 0. The SMILES string of the molecule is CN=C(NCC1(N2CCOCC2)CCCCC1)N(C)Cc1cn(C)nc1C(C)C. The highest BCUT2D eigenvalue weighted by atomic mass is 16.5. The van der Waals surface area contributed by atoms with Crippen molar-refractivity contribution in [2.45, 2.75) is 64.0 Å². The molecule has 1 N–H and O–H groups in total. The van der Waals surface area contributed by atoms with Crippen molar-refractivity contribution >= 4 is 5.96 Å². The molecule has 7 heteroatoms. The summed E-state index contributed by atoms with van der Waals surface area (Å²) in [5.41, 5.74) is 2.68. The molecule has 1 aliphatic carbocycles. The molecule has 1 aromatic heterocycles. The number of rotatable bonds is 6. The lowest BCUT2D eigenvalue weighted by atomic mass is 9.80. The maximum atomic E-state index is 5.62. The highest BCUT2D eigenvalue weighted by Gasteiger charge is 2.38. The second-order valence-corrected chi connectivity index (χ2v) is 9.01. The number of aliphatic imine (C=N–C) groups is 1. The van der Waals surface area contributed by atoms with Crippen LogP contribution in [0.3, 0.4) is 0 Å². The summed E-state index contributed by atoms with van der Waals surface area (Å²) in [7, 11) is 6.00. The van der Waals surface area contributed by atoms with Crippen LogP contribution < -0.4 is 5.32 Å². The van der Waals surface area contributed by atoms with Crippen LogP contribution in [0.4, 0.5) is 0 Å². The van der Waals surface area contributed by atoms with Crippen LogP contribution in [-0.4, -0.2) is 78.0 Å². The zero-order valence-electron chi connectivity index (χ0n) is 19.1. The highest BCUT2D eigenvalue weighted by Crippen LogP contribution is 2.34. The van der Waals surface area contributed by atoms with Gasteiger partial charge < -0.3 is 15.0 Å². The Bertz CT molecular complexity index is 671. The van der Waals surface area contributed by atoms with Gasteiger partial charge in [-0.15, -0.1) is 0 Å².